The first kappa shape index (κ1) is 19.1. The summed E-state index contributed by atoms with van der Waals surface area (Å²) in [5.41, 5.74) is 1.08. The van der Waals surface area contributed by atoms with E-state index in [2.05, 4.69) is 9.97 Å². The molecule has 1 fully saturated rings. The van der Waals surface area contributed by atoms with Crippen molar-refractivity contribution in [2.75, 3.05) is 33.4 Å². The monoisotopic (exact) mass is 401 g/mol. The van der Waals surface area contributed by atoms with E-state index in [-0.39, 0.29) is 24.4 Å². The van der Waals surface area contributed by atoms with Gasteiger partial charge in [-0.05, 0) is 17.7 Å². The Bertz CT molecular complexity index is 1100. The van der Waals surface area contributed by atoms with E-state index in [1.54, 1.807) is 24.1 Å². The summed E-state index contributed by atoms with van der Waals surface area (Å²) < 4.78 is 25.7. The molecule has 0 N–H and O–H groups in total. The third-order valence-corrected chi connectivity index (χ3v) is 4.97. The van der Waals surface area contributed by atoms with Crippen LogP contribution in [0.25, 0.3) is 11.2 Å². The highest BCUT2D eigenvalue weighted by Crippen LogP contribution is 2.28. The van der Waals surface area contributed by atoms with Crippen LogP contribution in [-0.4, -0.2) is 63.4 Å². The molecule has 0 bridgehead atoms. The first-order valence-corrected chi connectivity index (χ1v) is 9.10. The molecule has 0 spiro atoms. The van der Waals surface area contributed by atoms with Gasteiger partial charge in [-0.15, -0.1) is 0 Å². The molecule has 10 heteroatoms. The van der Waals surface area contributed by atoms with Crippen LogP contribution in [0.5, 0.6) is 6.01 Å². The lowest BCUT2D eigenvalue weighted by molar-refractivity contribution is 0.141. The second-order valence-corrected chi connectivity index (χ2v) is 6.82. The molecule has 0 unspecified atom stereocenters. The number of carbonyl (C=O) groups is 1. The molecule has 9 nitrogen and oxygen atoms in total. The Hall–Kier alpha value is -3.27. The Morgan fingerprint density at radius 3 is 2.66 bits per heavy atom. The number of halogens is 1. The number of rotatable bonds is 5. The minimum Gasteiger partial charge on any atom is -0.461 e. The van der Waals surface area contributed by atoms with Crippen LogP contribution in [0.2, 0.25) is 0 Å². The van der Waals surface area contributed by atoms with E-state index < -0.39 is 11.7 Å². The van der Waals surface area contributed by atoms with Crippen molar-refractivity contribution in [3.05, 3.63) is 52.3 Å². The van der Waals surface area contributed by atoms with Crippen LogP contribution < -0.4 is 10.4 Å². The van der Waals surface area contributed by atoms with Crippen molar-refractivity contribution in [1.82, 2.24) is 24.0 Å². The molecule has 152 valence electrons. The molecule has 0 aliphatic carbocycles. The fraction of sp³-hybridized carbons (Fsp3) is 0.368. The van der Waals surface area contributed by atoms with Crippen molar-refractivity contribution in [2.45, 2.75) is 5.92 Å². The Morgan fingerprint density at radius 2 is 1.97 bits per heavy atom. The smallest absolute Gasteiger partial charge is 0.338 e. The van der Waals surface area contributed by atoms with E-state index in [9.17, 15) is 14.0 Å². The van der Waals surface area contributed by atoms with Gasteiger partial charge in [-0.3, -0.25) is 4.57 Å². The van der Waals surface area contributed by atoms with Crippen LogP contribution in [0.4, 0.5) is 9.18 Å². The minimum absolute atomic E-state index is 0.107. The maximum absolute atomic E-state index is 13.1. The van der Waals surface area contributed by atoms with Gasteiger partial charge in [0.1, 0.15) is 17.9 Å². The van der Waals surface area contributed by atoms with Gasteiger partial charge in [-0.1, -0.05) is 12.1 Å². The number of hydrogen-bond acceptors (Lipinski definition) is 6. The van der Waals surface area contributed by atoms with Gasteiger partial charge in [-0.25, -0.2) is 23.5 Å². The number of nitrogens with zero attached hydrogens (tertiary/aromatic N) is 5. The van der Waals surface area contributed by atoms with Crippen molar-refractivity contribution in [3.63, 3.8) is 0 Å². The zero-order valence-corrected chi connectivity index (χ0v) is 16.0. The normalized spacial score (nSPS) is 14.2. The summed E-state index contributed by atoms with van der Waals surface area (Å²) in [4.78, 5) is 35.4. The van der Waals surface area contributed by atoms with E-state index >= 15 is 0 Å². The second kappa shape index (κ2) is 7.63. The molecule has 3 aromatic rings. The maximum Gasteiger partial charge on any atom is 0.338 e. The molecule has 29 heavy (non-hydrogen) atoms. The average Bonchev–Trinajstić information content (AvgIpc) is 2.93. The summed E-state index contributed by atoms with van der Waals surface area (Å²) in [5.74, 6) is -0.184. The van der Waals surface area contributed by atoms with Crippen molar-refractivity contribution < 1.29 is 18.7 Å². The molecule has 1 saturated heterocycles. The van der Waals surface area contributed by atoms with E-state index in [4.69, 9.17) is 9.47 Å². The SMILES string of the molecule is COCCOc1ncc2c(n1)n(C)c(=O)n2C(=O)N1CC(c2ccc(F)cc2)C1. The Labute approximate surface area is 165 Å². The van der Waals surface area contributed by atoms with Gasteiger partial charge in [-0.2, -0.15) is 4.98 Å². The van der Waals surface area contributed by atoms with Crippen LogP contribution in [-0.2, 0) is 11.8 Å². The van der Waals surface area contributed by atoms with Gasteiger partial charge in [0.25, 0.3) is 0 Å². The molecule has 1 aromatic carbocycles. The lowest BCUT2D eigenvalue weighted by Crippen LogP contribution is -2.52. The number of hydrogen-bond donors (Lipinski definition) is 0. The first-order valence-electron chi connectivity index (χ1n) is 9.10. The summed E-state index contributed by atoms with van der Waals surface area (Å²) in [6.07, 6.45) is 1.40. The van der Waals surface area contributed by atoms with Crippen molar-refractivity contribution >= 4 is 17.2 Å². The van der Waals surface area contributed by atoms with Gasteiger partial charge in [0.05, 0.1) is 12.8 Å². The molecule has 1 aliphatic heterocycles. The molecule has 3 heterocycles. The Balaban J connectivity index is 1.54. The van der Waals surface area contributed by atoms with Gasteiger partial charge in [0.2, 0.25) is 0 Å². The van der Waals surface area contributed by atoms with Crippen LogP contribution in [0, 0.1) is 5.82 Å². The lowest BCUT2D eigenvalue weighted by atomic mass is 9.92. The quantitative estimate of drug-likeness (QED) is 0.600. The van der Waals surface area contributed by atoms with Crippen molar-refractivity contribution in [2.24, 2.45) is 7.05 Å². The molecule has 0 atom stereocenters. The fourth-order valence-electron chi connectivity index (χ4n) is 3.29. The van der Waals surface area contributed by atoms with Crippen LogP contribution >= 0.6 is 0 Å². The maximum atomic E-state index is 13.1. The molecular formula is C19H20FN5O4. The predicted molar refractivity (Wildman–Crippen MR) is 102 cm³/mol. The number of aryl methyl sites for hydroxylation is 1. The number of carbonyl (C=O) groups excluding carboxylic acids is 1. The summed E-state index contributed by atoms with van der Waals surface area (Å²) in [6, 6.07) is 5.90. The van der Waals surface area contributed by atoms with Crippen molar-refractivity contribution in [3.8, 4) is 6.01 Å². The summed E-state index contributed by atoms with van der Waals surface area (Å²) in [6.45, 7) is 1.55. The van der Waals surface area contributed by atoms with Gasteiger partial charge in [0, 0.05) is 33.2 Å². The molecule has 2 aromatic heterocycles. The van der Waals surface area contributed by atoms with Crippen molar-refractivity contribution in [1.29, 1.82) is 0 Å². The predicted octanol–water partition coefficient (Wildman–Crippen LogP) is 1.36. The molecule has 0 radical (unpaired) electrons. The molecule has 1 amide bonds. The Kier molecular flexibility index (Phi) is 5.01. The van der Waals surface area contributed by atoms with Crippen LogP contribution in [0.15, 0.2) is 35.3 Å². The zero-order chi connectivity index (χ0) is 20.5. The standard InChI is InChI=1S/C19H20FN5O4/c1-23-16-15(9-21-17(22-16)29-8-7-28-2)25(18(23)26)19(27)24-10-13(11-24)12-3-5-14(20)6-4-12/h3-6,9,13H,7-8,10-11H2,1-2H3. The van der Waals surface area contributed by atoms with Crippen LogP contribution in [0.3, 0.4) is 0 Å². The number of methoxy groups -OCH3 is 1. The topological polar surface area (TPSA) is 91.5 Å². The molecule has 1 aliphatic rings. The number of benzene rings is 1. The molecule has 4 rings (SSSR count). The van der Waals surface area contributed by atoms with E-state index in [0.29, 0.717) is 30.9 Å². The number of imidazole rings is 1. The number of fused-ring (bicyclic) bond motifs is 1. The van der Waals surface area contributed by atoms with E-state index in [1.807, 2.05) is 0 Å². The summed E-state index contributed by atoms with van der Waals surface area (Å²) in [7, 11) is 3.09. The highest BCUT2D eigenvalue weighted by atomic mass is 19.1. The van der Waals surface area contributed by atoms with E-state index in [1.165, 1.54) is 29.9 Å². The zero-order valence-electron chi connectivity index (χ0n) is 16.0. The number of amides is 1. The van der Waals surface area contributed by atoms with Crippen LogP contribution in [0.1, 0.15) is 11.5 Å². The number of likely N-dealkylation sites (tertiary alicyclic amines) is 1. The summed E-state index contributed by atoms with van der Waals surface area (Å²) in [5, 5.41) is 0. The second-order valence-electron chi connectivity index (χ2n) is 6.82. The van der Waals surface area contributed by atoms with Gasteiger partial charge >= 0.3 is 17.7 Å². The number of aromatic nitrogens is 4. The Morgan fingerprint density at radius 1 is 1.24 bits per heavy atom. The third-order valence-electron chi connectivity index (χ3n) is 4.97. The summed E-state index contributed by atoms with van der Waals surface area (Å²) >= 11 is 0. The minimum atomic E-state index is -0.501. The molecular weight excluding hydrogens is 381 g/mol. The first-order chi connectivity index (χ1) is 14.0. The van der Waals surface area contributed by atoms with E-state index in [0.717, 1.165) is 10.1 Å². The van der Waals surface area contributed by atoms with Gasteiger partial charge < -0.3 is 14.4 Å². The lowest BCUT2D eigenvalue weighted by Gasteiger charge is -2.39. The highest BCUT2D eigenvalue weighted by molar-refractivity contribution is 5.88. The average molecular weight is 401 g/mol. The highest BCUT2D eigenvalue weighted by Gasteiger charge is 2.34. The largest absolute Gasteiger partial charge is 0.461 e. The molecule has 0 saturated carbocycles. The fourth-order valence-corrected chi connectivity index (χ4v) is 3.29. The number of ether oxygens (including phenoxy) is 2. The van der Waals surface area contributed by atoms with Gasteiger partial charge in [0.15, 0.2) is 5.65 Å². The third kappa shape index (κ3) is 3.46.